The van der Waals surface area contributed by atoms with Gasteiger partial charge in [-0.05, 0) is 137 Å². The Labute approximate surface area is 329 Å². The molecule has 0 amide bonds. The van der Waals surface area contributed by atoms with Gasteiger partial charge in [0.05, 0.1) is 5.69 Å². The van der Waals surface area contributed by atoms with E-state index in [0.29, 0.717) is 5.92 Å². The third kappa shape index (κ3) is 8.45. The predicted octanol–water partition coefficient (Wildman–Crippen LogP) is 16.2. The second kappa shape index (κ2) is 16.7. The Bertz CT molecular complexity index is 2400. The van der Waals surface area contributed by atoms with Gasteiger partial charge >= 0.3 is 0 Å². The van der Waals surface area contributed by atoms with Crippen molar-refractivity contribution in [2.75, 3.05) is 9.80 Å². The molecule has 0 saturated heterocycles. The van der Waals surface area contributed by atoms with Crippen LogP contribution in [0.25, 0.3) is 27.1 Å². The lowest BCUT2D eigenvalue weighted by atomic mass is 9.80. The van der Waals surface area contributed by atoms with Crippen LogP contribution in [0.3, 0.4) is 0 Å². The number of rotatable bonds is 12. The molecule has 0 aliphatic rings. The molecule has 0 heterocycles. The molecule has 7 aromatic carbocycles. The van der Waals surface area contributed by atoms with Gasteiger partial charge in [0.2, 0.25) is 0 Å². The molecule has 2 nitrogen and oxygen atoms in total. The highest BCUT2D eigenvalue weighted by molar-refractivity contribution is 5.99. The third-order valence-corrected chi connectivity index (χ3v) is 10.6. The fourth-order valence-electron chi connectivity index (χ4n) is 7.96. The van der Waals surface area contributed by atoms with E-state index in [4.69, 9.17) is 0 Å². The summed E-state index contributed by atoms with van der Waals surface area (Å²) in [6.45, 7) is 13.6. The smallest absolute Gasteiger partial charge is 0.0540 e. The summed E-state index contributed by atoms with van der Waals surface area (Å²) in [4.78, 5) is 4.79. The largest absolute Gasteiger partial charge is 0.310 e. The van der Waals surface area contributed by atoms with E-state index in [9.17, 15) is 0 Å². The van der Waals surface area contributed by atoms with Crippen molar-refractivity contribution in [1.29, 1.82) is 0 Å². The first-order valence-electron chi connectivity index (χ1n) is 20.0. The molecule has 1 unspecified atom stereocenters. The number of nitrogens with zero attached hydrogens (tertiary/aromatic N) is 2. The lowest BCUT2D eigenvalue weighted by molar-refractivity contribution is 0.335. The summed E-state index contributed by atoms with van der Waals surface area (Å²) < 4.78 is 0. The van der Waals surface area contributed by atoms with Crippen LogP contribution in [0.15, 0.2) is 176 Å². The first-order chi connectivity index (χ1) is 26.8. The minimum Gasteiger partial charge on any atom is -0.310 e. The van der Waals surface area contributed by atoms with Gasteiger partial charge in [0.1, 0.15) is 0 Å². The monoisotopic (exact) mass is 718 g/mol. The van der Waals surface area contributed by atoms with Crippen molar-refractivity contribution in [3.8, 4) is 0 Å². The van der Waals surface area contributed by atoms with E-state index in [2.05, 4.69) is 227 Å². The number of anilines is 6. The minimum atomic E-state index is 0.279. The van der Waals surface area contributed by atoms with Crippen molar-refractivity contribution in [3.05, 3.63) is 187 Å². The summed E-state index contributed by atoms with van der Waals surface area (Å²) in [5.74, 6) is 0.536. The van der Waals surface area contributed by atoms with Crippen LogP contribution in [-0.4, -0.2) is 0 Å². The van der Waals surface area contributed by atoms with E-state index in [0.717, 1.165) is 47.0 Å². The zero-order chi connectivity index (χ0) is 38.4. The predicted molar refractivity (Wildman–Crippen MR) is 241 cm³/mol. The average Bonchev–Trinajstić information content (AvgIpc) is 3.21. The lowest BCUT2D eigenvalue weighted by Gasteiger charge is -2.30. The van der Waals surface area contributed by atoms with Gasteiger partial charge in [0.25, 0.3) is 0 Å². The van der Waals surface area contributed by atoms with Gasteiger partial charge in [-0.1, -0.05) is 144 Å². The van der Waals surface area contributed by atoms with E-state index >= 15 is 0 Å². The second-order valence-electron chi connectivity index (χ2n) is 15.8. The van der Waals surface area contributed by atoms with Gasteiger partial charge in [-0.25, -0.2) is 0 Å². The molecule has 0 saturated carbocycles. The molecule has 0 bridgehead atoms. The Hall–Kier alpha value is -5.86. The molecule has 0 fully saturated rings. The van der Waals surface area contributed by atoms with Gasteiger partial charge in [-0.2, -0.15) is 0 Å². The molecule has 0 aromatic heterocycles. The zero-order valence-electron chi connectivity index (χ0n) is 33.3. The van der Waals surface area contributed by atoms with Crippen LogP contribution >= 0.6 is 0 Å². The summed E-state index contributed by atoms with van der Waals surface area (Å²) >= 11 is 0. The highest BCUT2D eigenvalue weighted by Crippen LogP contribution is 2.43. The average molecular weight is 719 g/mol. The van der Waals surface area contributed by atoms with E-state index in [-0.39, 0.29) is 5.41 Å². The summed E-state index contributed by atoms with van der Waals surface area (Å²) in [7, 11) is 0. The highest BCUT2D eigenvalue weighted by Gasteiger charge is 2.21. The van der Waals surface area contributed by atoms with Crippen molar-refractivity contribution < 1.29 is 0 Å². The van der Waals surface area contributed by atoms with Gasteiger partial charge in [0, 0.05) is 33.8 Å². The van der Waals surface area contributed by atoms with Crippen molar-refractivity contribution in [1.82, 2.24) is 0 Å². The van der Waals surface area contributed by atoms with Gasteiger partial charge in [-0.3, -0.25) is 0 Å². The van der Waals surface area contributed by atoms with E-state index in [1.54, 1.807) is 0 Å². The molecule has 7 aromatic rings. The van der Waals surface area contributed by atoms with Crippen LogP contribution in [0.5, 0.6) is 0 Å². The van der Waals surface area contributed by atoms with Crippen LogP contribution in [0.1, 0.15) is 77.8 Å². The fourth-order valence-corrected chi connectivity index (χ4v) is 7.96. The van der Waals surface area contributed by atoms with Crippen molar-refractivity contribution in [2.24, 2.45) is 5.41 Å². The third-order valence-electron chi connectivity index (χ3n) is 10.6. The molecule has 276 valence electrons. The Morgan fingerprint density at radius 2 is 1.11 bits per heavy atom. The minimum absolute atomic E-state index is 0.279. The molecular weight excluding hydrogens is 665 g/mol. The normalized spacial score (nSPS) is 12.7. The van der Waals surface area contributed by atoms with Crippen LogP contribution in [0.4, 0.5) is 34.1 Å². The maximum absolute atomic E-state index is 2.39. The van der Waals surface area contributed by atoms with Gasteiger partial charge < -0.3 is 9.80 Å². The number of hydrogen-bond donors (Lipinski definition) is 0. The maximum atomic E-state index is 2.39. The van der Waals surface area contributed by atoms with E-state index < -0.39 is 0 Å². The fraction of sp³-hybridized carbons (Fsp3) is 0.208. The summed E-state index contributed by atoms with van der Waals surface area (Å²) in [6, 6.07) is 58.1. The van der Waals surface area contributed by atoms with Crippen molar-refractivity contribution in [2.45, 2.75) is 66.7 Å². The van der Waals surface area contributed by atoms with Crippen LogP contribution < -0.4 is 9.80 Å². The topological polar surface area (TPSA) is 6.48 Å². The second-order valence-corrected chi connectivity index (χ2v) is 15.8. The number of fused-ring (bicyclic) bond motifs is 2. The lowest BCUT2D eigenvalue weighted by Crippen LogP contribution is -2.13. The summed E-state index contributed by atoms with van der Waals surface area (Å²) in [5.41, 5.74) is 10.9. The SMILES string of the molecule is C/C=C\C(=C/CC)c1ccc(N(c2ccc(N(c3ccc(C(CC)CC(C)(C)C)cc3)c3ccc4ccccc4c3)cc2)c2cccc3ccccc23)cc1. The summed E-state index contributed by atoms with van der Waals surface area (Å²) in [6.07, 6.45) is 9.90. The Morgan fingerprint density at radius 1 is 0.564 bits per heavy atom. The number of allylic oxidation sites excluding steroid dienone is 4. The van der Waals surface area contributed by atoms with Gasteiger partial charge in [-0.15, -0.1) is 0 Å². The van der Waals surface area contributed by atoms with Crippen LogP contribution in [0.2, 0.25) is 0 Å². The first kappa shape index (κ1) is 37.5. The van der Waals surface area contributed by atoms with Gasteiger partial charge in [0.15, 0.2) is 0 Å². The molecule has 0 spiro atoms. The first-order valence-corrected chi connectivity index (χ1v) is 20.0. The highest BCUT2D eigenvalue weighted by atomic mass is 15.2. The molecule has 2 heteroatoms. The molecule has 0 N–H and O–H groups in total. The quantitative estimate of drug-likeness (QED) is 0.116. The molecule has 0 radical (unpaired) electrons. The summed E-state index contributed by atoms with van der Waals surface area (Å²) in [5, 5.41) is 4.91. The molecule has 55 heavy (non-hydrogen) atoms. The van der Waals surface area contributed by atoms with E-state index in [1.165, 1.54) is 44.7 Å². The molecule has 0 aliphatic heterocycles. The standard InChI is InChI=1S/C53H54N2/c1-7-15-40(16-8-2)43-25-30-48(31-26-43)55(52-22-14-20-44-18-12-13-21-51(44)52)49-35-33-47(34-36-49)54(50-32-27-41-17-10-11-19-45(41)37-50)46-28-23-42(24-29-46)39(9-3)38-53(4,5)6/h7,10-37,39H,8-9,38H2,1-6H3/b15-7-,40-16+. The van der Waals surface area contributed by atoms with Crippen molar-refractivity contribution in [3.63, 3.8) is 0 Å². The molecular formula is C53H54N2. The Morgan fingerprint density at radius 3 is 1.73 bits per heavy atom. The Kier molecular flexibility index (Phi) is 11.3. The number of hydrogen-bond acceptors (Lipinski definition) is 2. The molecule has 1 atom stereocenters. The Balaban J connectivity index is 1.32. The maximum Gasteiger partial charge on any atom is 0.0540 e. The number of benzene rings is 7. The van der Waals surface area contributed by atoms with Crippen LogP contribution in [0, 0.1) is 5.41 Å². The van der Waals surface area contributed by atoms with Crippen LogP contribution in [-0.2, 0) is 0 Å². The van der Waals surface area contributed by atoms with E-state index in [1.807, 2.05) is 0 Å². The van der Waals surface area contributed by atoms with Crippen molar-refractivity contribution >= 4 is 61.2 Å². The zero-order valence-corrected chi connectivity index (χ0v) is 33.3. The molecule has 0 aliphatic carbocycles. The molecule has 7 rings (SSSR count).